The summed E-state index contributed by atoms with van der Waals surface area (Å²) in [6.07, 6.45) is 9.75. The Morgan fingerprint density at radius 3 is 2.44 bits per heavy atom. The van der Waals surface area contributed by atoms with Gasteiger partial charge in [0.2, 0.25) is 0 Å². The first-order chi connectivity index (χ1) is 8.43. The summed E-state index contributed by atoms with van der Waals surface area (Å²) in [4.78, 5) is 0. The lowest BCUT2D eigenvalue weighted by Crippen LogP contribution is -2.51. The molecule has 0 radical (unpaired) electrons. The van der Waals surface area contributed by atoms with Crippen LogP contribution in [0.1, 0.15) is 65.7 Å². The fourth-order valence-electron chi connectivity index (χ4n) is 4.82. The van der Waals surface area contributed by atoms with Crippen LogP contribution in [0.3, 0.4) is 0 Å². The first-order valence-corrected chi connectivity index (χ1v) is 8.76. The van der Waals surface area contributed by atoms with Gasteiger partial charge in [-0.15, -0.1) is 0 Å². The SMILES string of the molecule is CC(C)(C)S(=O)N[C@H]1[C@@H]2CC[C@@H](C2)C12CCCC2. The van der Waals surface area contributed by atoms with Crippen molar-refractivity contribution in [3.8, 4) is 0 Å². The molecule has 3 fully saturated rings. The van der Waals surface area contributed by atoms with Crippen LogP contribution in [-0.2, 0) is 11.0 Å². The minimum Gasteiger partial charge on any atom is -0.242 e. The quantitative estimate of drug-likeness (QED) is 0.818. The Balaban J connectivity index is 1.80. The van der Waals surface area contributed by atoms with Crippen molar-refractivity contribution in [1.29, 1.82) is 0 Å². The molecule has 0 aromatic carbocycles. The highest BCUT2D eigenvalue weighted by Gasteiger charge is 2.59. The highest BCUT2D eigenvalue weighted by Crippen LogP contribution is 2.62. The van der Waals surface area contributed by atoms with Crippen LogP contribution in [0.25, 0.3) is 0 Å². The van der Waals surface area contributed by atoms with Crippen LogP contribution in [0.4, 0.5) is 0 Å². The van der Waals surface area contributed by atoms with Gasteiger partial charge in [-0.3, -0.25) is 0 Å². The second kappa shape index (κ2) is 4.31. The Bertz CT molecular complexity index is 354. The topological polar surface area (TPSA) is 29.1 Å². The Morgan fingerprint density at radius 1 is 1.17 bits per heavy atom. The van der Waals surface area contributed by atoms with Crippen LogP contribution in [0.5, 0.6) is 0 Å². The minimum absolute atomic E-state index is 0.137. The van der Waals surface area contributed by atoms with Gasteiger partial charge in [0, 0.05) is 6.04 Å². The number of fused-ring (bicyclic) bond motifs is 3. The Morgan fingerprint density at radius 2 is 1.83 bits per heavy atom. The molecule has 3 aliphatic rings. The second-order valence-corrected chi connectivity index (χ2v) is 9.68. The van der Waals surface area contributed by atoms with Crippen LogP contribution in [-0.4, -0.2) is 15.0 Å². The molecule has 18 heavy (non-hydrogen) atoms. The second-order valence-electron chi connectivity index (χ2n) is 7.69. The lowest BCUT2D eigenvalue weighted by atomic mass is 9.69. The van der Waals surface area contributed by atoms with Gasteiger partial charge in [-0.25, -0.2) is 8.93 Å². The van der Waals surface area contributed by atoms with E-state index in [9.17, 15) is 4.21 Å². The molecule has 3 saturated carbocycles. The summed E-state index contributed by atoms with van der Waals surface area (Å²) in [6, 6.07) is 0.541. The van der Waals surface area contributed by atoms with Gasteiger partial charge < -0.3 is 0 Å². The first-order valence-electron chi connectivity index (χ1n) is 7.61. The van der Waals surface area contributed by atoms with E-state index < -0.39 is 11.0 Å². The van der Waals surface area contributed by atoms with Crippen LogP contribution < -0.4 is 4.72 Å². The standard InChI is InChI=1S/C15H27NOS/c1-14(2,3)18(17)16-13-11-6-7-12(10-11)15(13)8-4-5-9-15/h11-13,16H,4-10H2,1-3H3/t11-,12+,13+,18?/m1/s1. The summed E-state index contributed by atoms with van der Waals surface area (Å²) in [5.41, 5.74) is 0.518. The highest BCUT2D eigenvalue weighted by atomic mass is 32.2. The predicted molar refractivity (Wildman–Crippen MR) is 76.6 cm³/mol. The Labute approximate surface area is 114 Å². The van der Waals surface area contributed by atoms with Crippen molar-refractivity contribution in [2.24, 2.45) is 17.3 Å². The predicted octanol–water partition coefficient (Wildman–Crippen LogP) is 3.40. The molecular formula is C15H27NOS. The molecule has 3 rings (SSSR count). The minimum atomic E-state index is -0.901. The number of hydrogen-bond acceptors (Lipinski definition) is 1. The molecule has 0 amide bonds. The zero-order valence-electron chi connectivity index (χ0n) is 12.0. The van der Waals surface area contributed by atoms with E-state index in [1.807, 2.05) is 0 Å². The fraction of sp³-hybridized carbons (Fsp3) is 1.00. The molecule has 4 atom stereocenters. The molecule has 0 aromatic heterocycles. The largest absolute Gasteiger partial charge is 0.242 e. The van der Waals surface area contributed by atoms with E-state index in [0.29, 0.717) is 11.5 Å². The smallest absolute Gasteiger partial charge is 0.0973 e. The van der Waals surface area contributed by atoms with Crippen molar-refractivity contribution in [3.63, 3.8) is 0 Å². The molecule has 104 valence electrons. The normalized spacial score (nSPS) is 39.6. The Kier molecular flexibility index (Phi) is 3.14. The van der Waals surface area contributed by atoms with E-state index in [0.717, 1.165) is 11.8 Å². The van der Waals surface area contributed by atoms with Crippen molar-refractivity contribution in [2.45, 2.75) is 76.5 Å². The molecule has 0 aromatic rings. The molecule has 1 N–H and O–H groups in total. The van der Waals surface area contributed by atoms with E-state index in [1.165, 1.54) is 44.9 Å². The zero-order valence-corrected chi connectivity index (χ0v) is 12.8. The summed E-state index contributed by atoms with van der Waals surface area (Å²) >= 11 is 0. The maximum Gasteiger partial charge on any atom is 0.0973 e. The van der Waals surface area contributed by atoms with E-state index in [1.54, 1.807) is 0 Å². The van der Waals surface area contributed by atoms with Gasteiger partial charge >= 0.3 is 0 Å². The molecule has 1 unspecified atom stereocenters. The van der Waals surface area contributed by atoms with Gasteiger partial charge in [0.1, 0.15) is 0 Å². The van der Waals surface area contributed by atoms with Gasteiger partial charge in [-0.05, 0) is 70.1 Å². The van der Waals surface area contributed by atoms with E-state index in [4.69, 9.17) is 0 Å². The van der Waals surface area contributed by atoms with Crippen molar-refractivity contribution in [2.75, 3.05) is 0 Å². The van der Waals surface area contributed by atoms with Gasteiger partial charge in [-0.1, -0.05) is 12.8 Å². The molecule has 3 heteroatoms. The highest BCUT2D eigenvalue weighted by molar-refractivity contribution is 7.84. The fourth-order valence-corrected chi connectivity index (χ4v) is 5.83. The van der Waals surface area contributed by atoms with Crippen LogP contribution in [0, 0.1) is 17.3 Å². The van der Waals surface area contributed by atoms with Gasteiger partial charge in [-0.2, -0.15) is 0 Å². The average molecular weight is 269 g/mol. The molecule has 3 aliphatic carbocycles. The molecule has 1 spiro atoms. The van der Waals surface area contributed by atoms with Crippen LogP contribution in [0.2, 0.25) is 0 Å². The van der Waals surface area contributed by atoms with Crippen LogP contribution in [0.15, 0.2) is 0 Å². The monoisotopic (exact) mass is 269 g/mol. The molecule has 0 aliphatic heterocycles. The number of hydrogen-bond donors (Lipinski definition) is 1. The summed E-state index contributed by atoms with van der Waals surface area (Å²) in [5, 5.41) is 0. The maximum atomic E-state index is 12.4. The van der Waals surface area contributed by atoms with Crippen molar-refractivity contribution in [3.05, 3.63) is 0 Å². The van der Waals surface area contributed by atoms with Gasteiger partial charge in [0.25, 0.3) is 0 Å². The molecule has 2 bridgehead atoms. The van der Waals surface area contributed by atoms with E-state index in [2.05, 4.69) is 25.5 Å². The van der Waals surface area contributed by atoms with Crippen molar-refractivity contribution < 1.29 is 4.21 Å². The molecular weight excluding hydrogens is 242 g/mol. The maximum absolute atomic E-state index is 12.4. The number of rotatable bonds is 2. The molecule has 0 heterocycles. The third-order valence-electron chi connectivity index (χ3n) is 5.70. The van der Waals surface area contributed by atoms with Crippen molar-refractivity contribution >= 4 is 11.0 Å². The first kappa shape index (κ1) is 13.1. The summed E-state index contributed by atoms with van der Waals surface area (Å²) < 4.78 is 15.9. The summed E-state index contributed by atoms with van der Waals surface area (Å²) in [7, 11) is -0.901. The third-order valence-corrected chi connectivity index (χ3v) is 7.28. The van der Waals surface area contributed by atoms with Gasteiger partial charge in [0.05, 0.1) is 15.7 Å². The third kappa shape index (κ3) is 1.89. The summed E-state index contributed by atoms with van der Waals surface area (Å²) in [5.74, 6) is 1.74. The van der Waals surface area contributed by atoms with Crippen molar-refractivity contribution in [1.82, 2.24) is 4.72 Å². The summed E-state index contributed by atoms with van der Waals surface area (Å²) in [6.45, 7) is 6.22. The molecule has 2 nitrogen and oxygen atoms in total. The lowest BCUT2D eigenvalue weighted by Gasteiger charge is -2.42. The number of nitrogens with one attached hydrogen (secondary N) is 1. The zero-order chi connectivity index (χ0) is 13.0. The Hall–Kier alpha value is 0.110. The molecule has 0 saturated heterocycles. The van der Waals surface area contributed by atoms with E-state index in [-0.39, 0.29) is 4.75 Å². The van der Waals surface area contributed by atoms with Gasteiger partial charge in [0.15, 0.2) is 0 Å². The average Bonchev–Trinajstić information content (AvgIpc) is 2.97. The van der Waals surface area contributed by atoms with Crippen LogP contribution >= 0.6 is 0 Å². The lowest BCUT2D eigenvalue weighted by molar-refractivity contribution is 0.130. The van der Waals surface area contributed by atoms with E-state index >= 15 is 0 Å².